The summed E-state index contributed by atoms with van der Waals surface area (Å²) in [5.41, 5.74) is 1.62. The van der Waals surface area contributed by atoms with Gasteiger partial charge < -0.3 is 39.2 Å². The quantitative estimate of drug-likeness (QED) is 0.374. The molecular weight excluding hydrogens is 502 g/mol. The number of benzene rings is 2. The summed E-state index contributed by atoms with van der Waals surface area (Å²) in [4.78, 5) is 24.2. The van der Waals surface area contributed by atoms with E-state index in [1.54, 1.807) is 53.9 Å². The predicted molar refractivity (Wildman–Crippen MR) is 148 cm³/mol. The number of hydrogen-bond acceptors (Lipinski definition) is 10. The van der Waals surface area contributed by atoms with Gasteiger partial charge in [0.1, 0.15) is 5.82 Å². The van der Waals surface area contributed by atoms with Crippen molar-refractivity contribution in [3.8, 4) is 28.7 Å². The summed E-state index contributed by atoms with van der Waals surface area (Å²) in [6, 6.07) is 11.0. The Hall–Kier alpha value is -4.41. The summed E-state index contributed by atoms with van der Waals surface area (Å²) in [6.07, 6.45) is 3.40. The lowest BCUT2D eigenvalue weighted by atomic mass is 9.97. The summed E-state index contributed by atoms with van der Waals surface area (Å²) < 4.78 is 26.9. The van der Waals surface area contributed by atoms with Gasteiger partial charge in [-0.2, -0.15) is 4.98 Å². The molecule has 0 radical (unpaired) electrons. The third kappa shape index (κ3) is 6.54. The molecular formula is C28H35N5O6. The summed E-state index contributed by atoms with van der Waals surface area (Å²) in [6.45, 7) is 1.78. The number of nitrogens with one attached hydrogen (secondary N) is 2. The molecule has 0 unspecified atom stereocenters. The number of piperidine rings is 1. The van der Waals surface area contributed by atoms with Gasteiger partial charge in [-0.3, -0.25) is 4.79 Å². The fourth-order valence-corrected chi connectivity index (χ4v) is 4.59. The number of rotatable bonds is 11. The molecule has 1 saturated heterocycles. The molecule has 2 aromatic carbocycles. The third-order valence-corrected chi connectivity index (χ3v) is 6.59. The third-order valence-electron chi connectivity index (χ3n) is 6.59. The van der Waals surface area contributed by atoms with E-state index in [4.69, 9.17) is 28.7 Å². The predicted octanol–water partition coefficient (Wildman–Crippen LogP) is 3.80. The highest BCUT2D eigenvalue weighted by Crippen LogP contribution is 2.40. The van der Waals surface area contributed by atoms with Gasteiger partial charge in [0, 0.05) is 43.7 Å². The molecule has 0 bridgehead atoms. The average molecular weight is 538 g/mol. The first kappa shape index (κ1) is 27.6. The zero-order chi connectivity index (χ0) is 27.8. The SMILES string of the molecule is COc1ccc(CNC(=O)[C@H]2CCCN(c3ccnc(Nc4cc(OC)c(OC)c(OC)c4)n3)C2)cc1OC. The maximum atomic E-state index is 13.0. The zero-order valence-corrected chi connectivity index (χ0v) is 22.9. The van der Waals surface area contributed by atoms with Crippen LogP contribution in [0.5, 0.6) is 28.7 Å². The number of anilines is 3. The minimum Gasteiger partial charge on any atom is -0.493 e. The second-order valence-corrected chi connectivity index (χ2v) is 8.97. The largest absolute Gasteiger partial charge is 0.493 e. The number of carbonyl (C=O) groups excluding carboxylic acids is 1. The summed E-state index contributed by atoms with van der Waals surface area (Å²) in [5.74, 6) is 3.86. The van der Waals surface area contributed by atoms with Crippen molar-refractivity contribution in [2.24, 2.45) is 5.92 Å². The van der Waals surface area contributed by atoms with E-state index >= 15 is 0 Å². The van der Waals surface area contributed by atoms with Crippen LogP contribution in [0.1, 0.15) is 18.4 Å². The van der Waals surface area contributed by atoms with Crippen LogP contribution in [0.2, 0.25) is 0 Å². The van der Waals surface area contributed by atoms with Gasteiger partial charge in [-0.05, 0) is 36.6 Å². The number of carbonyl (C=O) groups is 1. The number of methoxy groups -OCH3 is 5. The normalized spacial score (nSPS) is 14.8. The maximum Gasteiger partial charge on any atom is 0.229 e. The topological polar surface area (TPSA) is 116 Å². The van der Waals surface area contributed by atoms with Crippen LogP contribution in [0.25, 0.3) is 0 Å². The molecule has 1 aliphatic heterocycles. The molecule has 39 heavy (non-hydrogen) atoms. The molecule has 11 nitrogen and oxygen atoms in total. The van der Waals surface area contributed by atoms with Crippen LogP contribution in [0.15, 0.2) is 42.6 Å². The van der Waals surface area contributed by atoms with Gasteiger partial charge in [0.2, 0.25) is 17.6 Å². The maximum absolute atomic E-state index is 13.0. The minimum absolute atomic E-state index is 0.0133. The molecule has 4 rings (SSSR count). The van der Waals surface area contributed by atoms with Gasteiger partial charge in [-0.15, -0.1) is 0 Å². The molecule has 1 amide bonds. The molecule has 208 valence electrons. The Morgan fingerprint density at radius 3 is 2.31 bits per heavy atom. The van der Waals surface area contributed by atoms with E-state index < -0.39 is 0 Å². The van der Waals surface area contributed by atoms with Crippen LogP contribution in [-0.2, 0) is 11.3 Å². The lowest BCUT2D eigenvalue weighted by Crippen LogP contribution is -2.43. The first-order valence-electron chi connectivity index (χ1n) is 12.6. The Kier molecular flexibility index (Phi) is 9.14. The molecule has 2 heterocycles. The number of aromatic nitrogens is 2. The van der Waals surface area contributed by atoms with Crippen LogP contribution in [0.3, 0.4) is 0 Å². The van der Waals surface area contributed by atoms with Crippen molar-refractivity contribution in [2.45, 2.75) is 19.4 Å². The van der Waals surface area contributed by atoms with Gasteiger partial charge in [0.25, 0.3) is 0 Å². The molecule has 11 heteroatoms. The number of hydrogen-bond donors (Lipinski definition) is 2. The first-order chi connectivity index (χ1) is 19.0. The summed E-state index contributed by atoms with van der Waals surface area (Å²) in [7, 11) is 7.88. The molecule has 0 aliphatic carbocycles. The van der Waals surface area contributed by atoms with Gasteiger partial charge >= 0.3 is 0 Å². The van der Waals surface area contributed by atoms with Crippen LogP contribution >= 0.6 is 0 Å². The van der Waals surface area contributed by atoms with Crippen molar-refractivity contribution >= 4 is 23.4 Å². The average Bonchev–Trinajstić information content (AvgIpc) is 2.99. The van der Waals surface area contributed by atoms with Gasteiger partial charge in [0.15, 0.2) is 23.0 Å². The fraction of sp³-hybridized carbons (Fsp3) is 0.393. The molecule has 1 atom stereocenters. The summed E-state index contributed by atoms with van der Waals surface area (Å²) in [5, 5.41) is 6.27. The zero-order valence-electron chi connectivity index (χ0n) is 22.9. The monoisotopic (exact) mass is 537 g/mol. The van der Waals surface area contributed by atoms with Gasteiger partial charge in [0.05, 0.1) is 41.5 Å². The number of nitrogens with zero attached hydrogens (tertiary/aromatic N) is 3. The Labute approximate surface area is 228 Å². The van der Waals surface area contributed by atoms with E-state index in [-0.39, 0.29) is 11.8 Å². The Balaban J connectivity index is 1.41. The van der Waals surface area contributed by atoms with Crippen LogP contribution < -0.4 is 39.2 Å². The molecule has 1 fully saturated rings. The van der Waals surface area contributed by atoms with E-state index in [2.05, 4.69) is 20.5 Å². The molecule has 0 saturated carbocycles. The molecule has 1 aromatic heterocycles. The molecule has 2 N–H and O–H groups in total. The van der Waals surface area contributed by atoms with Crippen molar-refractivity contribution in [3.05, 3.63) is 48.2 Å². The number of amides is 1. The van der Waals surface area contributed by atoms with Gasteiger partial charge in [-0.1, -0.05) is 6.07 Å². The number of ether oxygens (including phenoxy) is 5. The lowest BCUT2D eigenvalue weighted by molar-refractivity contribution is -0.125. The van der Waals surface area contributed by atoms with Crippen molar-refractivity contribution in [1.29, 1.82) is 0 Å². The van der Waals surface area contributed by atoms with Crippen molar-refractivity contribution in [3.63, 3.8) is 0 Å². The van der Waals surface area contributed by atoms with E-state index in [0.29, 0.717) is 53.5 Å². The Morgan fingerprint density at radius 2 is 1.64 bits per heavy atom. The van der Waals surface area contributed by atoms with Crippen LogP contribution in [-0.4, -0.2) is 64.5 Å². The van der Waals surface area contributed by atoms with Crippen LogP contribution in [0, 0.1) is 5.92 Å². The minimum atomic E-state index is -0.152. The van der Waals surface area contributed by atoms with Crippen molar-refractivity contribution < 1.29 is 28.5 Å². The standard InChI is InChI=1S/C28H35N5O6/c1-35-21-9-8-18(13-22(21)36-2)16-30-27(34)19-7-6-12-33(17-19)25-10-11-29-28(32-25)31-20-14-23(37-3)26(39-5)24(15-20)38-4/h8-11,13-15,19H,6-7,12,16-17H2,1-5H3,(H,30,34)(H,29,31,32)/t19-/m0/s1. The highest BCUT2D eigenvalue weighted by Gasteiger charge is 2.27. The van der Waals surface area contributed by atoms with E-state index in [1.165, 1.54) is 0 Å². The van der Waals surface area contributed by atoms with Crippen molar-refractivity contribution in [1.82, 2.24) is 15.3 Å². The van der Waals surface area contributed by atoms with Crippen LogP contribution in [0.4, 0.5) is 17.5 Å². The molecule has 1 aliphatic rings. The lowest BCUT2D eigenvalue weighted by Gasteiger charge is -2.33. The second-order valence-electron chi connectivity index (χ2n) is 8.97. The first-order valence-corrected chi connectivity index (χ1v) is 12.6. The van der Waals surface area contributed by atoms with E-state index in [1.807, 2.05) is 24.3 Å². The van der Waals surface area contributed by atoms with E-state index in [9.17, 15) is 4.79 Å². The molecule has 0 spiro atoms. The van der Waals surface area contributed by atoms with E-state index in [0.717, 1.165) is 30.8 Å². The summed E-state index contributed by atoms with van der Waals surface area (Å²) >= 11 is 0. The molecule has 3 aromatic rings. The van der Waals surface area contributed by atoms with Gasteiger partial charge in [-0.25, -0.2) is 4.98 Å². The Bertz CT molecular complexity index is 1260. The highest BCUT2D eigenvalue weighted by atomic mass is 16.5. The second kappa shape index (κ2) is 12.9. The fourth-order valence-electron chi connectivity index (χ4n) is 4.59. The Morgan fingerprint density at radius 1 is 0.923 bits per heavy atom. The highest BCUT2D eigenvalue weighted by molar-refractivity contribution is 5.79. The smallest absolute Gasteiger partial charge is 0.229 e. The van der Waals surface area contributed by atoms with Crippen molar-refractivity contribution in [2.75, 3.05) is 58.9 Å².